The van der Waals surface area contributed by atoms with Crippen molar-refractivity contribution >= 4 is 49.9 Å². The standard InChI is InChI=1S/C23H15N5O9S/c29-26(30)16-6-9-18(10-7-16)38(35,36)37-23-12-5-15-3-1-2-4-19(15)20(23)14-24-25-21-11-8-17(27(31)32)13-22(21)28(33)34/h1-14,25H. The van der Waals surface area contributed by atoms with E-state index in [-0.39, 0.29) is 27.6 Å². The fourth-order valence-electron chi connectivity index (χ4n) is 3.43. The number of hydrogen-bond donors (Lipinski definition) is 1. The van der Waals surface area contributed by atoms with Crippen LogP contribution in [-0.2, 0) is 10.1 Å². The van der Waals surface area contributed by atoms with Gasteiger partial charge in [0.2, 0.25) is 0 Å². The predicted molar refractivity (Wildman–Crippen MR) is 136 cm³/mol. The Kier molecular flexibility index (Phi) is 6.93. The lowest BCUT2D eigenvalue weighted by atomic mass is 10.0. The van der Waals surface area contributed by atoms with Crippen LogP contribution in [0.3, 0.4) is 0 Å². The molecule has 0 saturated carbocycles. The maximum Gasteiger partial charge on any atom is 0.339 e. The number of nitrogens with zero attached hydrogens (tertiary/aromatic N) is 4. The molecule has 15 heteroatoms. The summed E-state index contributed by atoms with van der Waals surface area (Å²) in [5.41, 5.74) is 1.14. The Bertz CT molecular complexity index is 1720. The molecule has 0 fully saturated rings. The van der Waals surface area contributed by atoms with Crippen molar-refractivity contribution in [1.29, 1.82) is 0 Å². The van der Waals surface area contributed by atoms with Gasteiger partial charge in [0.05, 0.1) is 27.1 Å². The van der Waals surface area contributed by atoms with Crippen LogP contribution in [0, 0.1) is 30.3 Å². The van der Waals surface area contributed by atoms with Gasteiger partial charge in [0.25, 0.3) is 11.4 Å². The van der Waals surface area contributed by atoms with Crippen LogP contribution in [0.15, 0.2) is 88.9 Å². The lowest BCUT2D eigenvalue weighted by Crippen LogP contribution is -2.11. The third kappa shape index (κ3) is 5.36. The molecule has 0 radical (unpaired) electrons. The smallest absolute Gasteiger partial charge is 0.339 e. The number of nitrogens with one attached hydrogen (secondary N) is 1. The maximum atomic E-state index is 12.9. The van der Waals surface area contributed by atoms with Gasteiger partial charge in [-0.1, -0.05) is 30.3 Å². The molecule has 0 bridgehead atoms. The highest BCUT2D eigenvalue weighted by molar-refractivity contribution is 7.87. The van der Waals surface area contributed by atoms with Crippen molar-refractivity contribution in [3.8, 4) is 5.75 Å². The number of anilines is 1. The van der Waals surface area contributed by atoms with E-state index in [0.29, 0.717) is 10.8 Å². The Hall–Kier alpha value is -5.44. The first-order valence-electron chi connectivity index (χ1n) is 10.5. The minimum atomic E-state index is -4.41. The van der Waals surface area contributed by atoms with E-state index < -0.39 is 36.3 Å². The second-order valence-electron chi connectivity index (χ2n) is 7.57. The SMILES string of the molecule is O=[N+]([O-])c1ccc(S(=O)(=O)Oc2ccc3ccccc3c2C=NNc2ccc([N+](=O)[O-])cc2[N+](=O)[O-])cc1. The van der Waals surface area contributed by atoms with E-state index in [1.807, 2.05) is 0 Å². The lowest BCUT2D eigenvalue weighted by molar-refractivity contribution is -0.393. The zero-order chi connectivity index (χ0) is 27.4. The topological polar surface area (TPSA) is 197 Å². The highest BCUT2D eigenvalue weighted by atomic mass is 32.2. The van der Waals surface area contributed by atoms with E-state index in [4.69, 9.17) is 4.18 Å². The van der Waals surface area contributed by atoms with Crippen LogP contribution in [0.5, 0.6) is 5.75 Å². The van der Waals surface area contributed by atoms with Gasteiger partial charge in [0.1, 0.15) is 10.6 Å². The molecule has 192 valence electrons. The Morgan fingerprint density at radius 1 is 0.789 bits per heavy atom. The highest BCUT2D eigenvalue weighted by Gasteiger charge is 2.22. The fourth-order valence-corrected chi connectivity index (χ4v) is 4.38. The molecule has 0 amide bonds. The summed E-state index contributed by atoms with van der Waals surface area (Å²) in [7, 11) is -4.41. The molecular weight excluding hydrogens is 522 g/mol. The molecule has 4 aromatic rings. The molecule has 0 unspecified atom stereocenters. The highest BCUT2D eigenvalue weighted by Crippen LogP contribution is 2.31. The normalized spacial score (nSPS) is 11.4. The van der Waals surface area contributed by atoms with Crippen LogP contribution in [0.2, 0.25) is 0 Å². The molecule has 4 rings (SSSR count). The second kappa shape index (κ2) is 10.3. The molecule has 0 atom stereocenters. The number of nitro benzene ring substituents is 3. The maximum absolute atomic E-state index is 12.9. The zero-order valence-corrected chi connectivity index (χ0v) is 19.8. The molecule has 1 N–H and O–H groups in total. The summed E-state index contributed by atoms with van der Waals surface area (Å²) in [5.74, 6) is -0.134. The number of nitro groups is 3. The molecule has 0 aliphatic heterocycles. The quantitative estimate of drug-likeness (QED) is 0.134. The average molecular weight is 537 g/mol. The third-order valence-corrected chi connectivity index (χ3v) is 6.48. The molecule has 14 nitrogen and oxygen atoms in total. The largest absolute Gasteiger partial charge is 0.378 e. The Labute approximate surface area is 213 Å². The van der Waals surface area contributed by atoms with E-state index in [0.717, 1.165) is 42.5 Å². The van der Waals surface area contributed by atoms with Crippen molar-refractivity contribution in [1.82, 2.24) is 0 Å². The van der Waals surface area contributed by atoms with Crippen LogP contribution >= 0.6 is 0 Å². The average Bonchev–Trinajstić information content (AvgIpc) is 2.89. The van der Waals surface area contributed by atoms with Crippen LogP contribution in [0.25, 0.3) is 10.8 Å². The van der Waals surface area contributed by atoms with Crippen molar-refractivity contribution in [3.05, 3.63) is 115 Å². The molecule has 0 aliphatic carbocycles. The monoisotopic (exact) mass is 537 g/mol. The molecule has 0 heterocycles. The summed E-state index contributed by atoms with van der Waals surface area (Å²) in [6.45, 7) is 0. The predicted octanol–water partition coefficient (Wildman–Crippen LogP) is 4.78. The van der Waals surface area contributed by atoms with Gasteiger partial charge in [-0.3, -0.25) is 35.8 Å². The van der Waals surface area contributed by atoms with E-state index >= 15 is 0 Å². The Morgan fingerprint density at radius 3 is 2.11 bits per heavy atom. The molecule has 38 heavy (non-hydrogen) atoms. The number of hydrogen-bond acceptors (Lipinski definition) is 11. The number of benzene rings is 4. The van der Waals surface area contributed by atoms with Gasteiger partial charge in [-0.15, -0.1) is 0 Å². The van der Waals surface area contributed by atoms with Crippen molar-refractivity contribution in [2.45, 2.75) is 4.90 Å². The molecule has 0 aromatic heterocycles. The van der Waals surface area contributed by atoms with E-state index in [1.165, 1.54) is 12.3 Å². The molecular formula is C23H15N5O9S. The minimum absolute atomic E-state index is 0.134. The van der Waals surface area contributed by atoms with Crippen LogP contribution in [0.1, 0.15) is 5.56 Å². The van der Waals surface area contributed by atoms with Gasteiger partial charge in [0.15, 0.2) is 5.75 Å². The van der Waals surface area contributed by atoms with Crippen molar-refractivity contribution in [3.63, 3.8) is 0 Å². The third-order valence-electron chi connectivity index (χ3n) is 5.23. The lowest BCUT2D eigenvalue weighted by Gasteiger charge is -2.12. The minimum Gasteiger partial charge on any atom is -0.378 e. The summed E-state index contributed by atoms with van der Waals surface area (Å²) in [4.78, 5) is 30.6. The number of fused-ring (bicyclic) bond motifs is 1. The first kappa shape index (κ1) is 25.6. The number of hydrazone groups is 1. The van der Waals surface area contributed by atoms with Gasteiger partial charge in [-0.2, -0.15) is 13.5 Å². The molecule has 4 aromatic carbocycles. The number of rotatable bonds is 9. The van der Waals surface area contributed by atoms with Crippen LogP contribution in [-0.4, -0.2) is 29.4 Å². The van der Waals surface area contributed by atoms with Crippen molar-refractivity contribution < 1.29 is 27.4 Å². The van der Waals surface area contributed by atoms with Gasteiger partial charge >= 0.3 is 15.8 Å². The van der Waals surface area contributed by atoms with Crippen LogP contribution in [0.4, 0.5) is 22.7 Å². The van der Waals surface area contributed by atoms with Gasteiger partial charge < -0.3 is 4.18 Å². The summed E-state index contributed by atoms with van der Waals surface area (Å²) < 4.78 is 31.1. The second-order valence-corrected chi connectivity index (χ2v) is 9.12. The summed E-state index contributed by atoms with van der Waals surface area (Å²) >= 11 is 0. The molecule has 0 saturated heterocycles. The molecule has 0 aliphatic rings. The van der Waals surface area contributed by atoms with E-state index in [2.05, 4.69) is 10.5 Å². The zero-order valence-electron chi connectivity index (χ0n) is 19.0. The summed E-state index contributed by atoms with van der Waals surface area (Å²) in [6.07, 6.45) is 1.19. The van der Waals surface area contributed by atoms with Crippen molar-refractivity contribution in [2.75, 3.05) is 5.43 Å². The Balaban J connectivity index is 1.71. The van der Waals surface area contributed by atoms with Gasteiger partial charge in [-0.25, -0.2) is 0 Å². The van der Waals surface area contributed by atoms with Crippen LogP contribution < -0.4 is 9.61 Å². The van der Waals surface area contributed by atoms with E-state index in [9.17, 15) is 38.8 Å². The van der Waals surface area contributed by atoms with Gasteiger partial charge in [-0.05, 0) is 35.0 Å². The van der Waals surface area contributed by atoms with Crippen molar-refractivity contribution in [2.24, 2.45) is 5.10 Å². The molecule has 0 spiro atoms. The fraction of sp³-hybridized carbons (Fsp3) is 0. The first-order valence-corrected chi connectivity index (χ1v) is 11.9. The summed E-state index contributed by atoms with van der Waals surface area (Å²) in [6, 6.07) is 17.0. The number of non-ortho nitro benzene ring substituents is 2. The van der Waals surface area contributed by atoms with Gasteiger partial charge in [0, 0.05) is 23.8 Å². The Morgan fingerprint density at radius 2 is 1.45 bits per heavy atom. The van der Waals surface area contributed by atoms with E-state index in [1.54, 1.807) is 30.3 Å². The first-order chi connectivity index (χ1) is 18.1. The summed E-state index contributed by atoms with van der Waals surface area (Å²) in [5, 5.41) is 38.4.